The number of nitrogens with one attached hydrogen (secondary N) is 1. The van der Waals surface area contributed by atoms with Crippen molar-refractivity contribution < 1.29 is 14.2 Å². The molecule has 1 aromatic carbocycles. The molecular formula is C13H20ClNO3. The highest BCUT2D eigenvalue weighted by molar-refractivity contribution is 6.30. The molecule has 0 aliphatic rings. The maximum atomic E-state index is 5.93. The molecule has 4 nitrogen and oxygen atoms in total. The highest BCUT2D eigenvalue weighted by Crippen LogP contribution is 2.27. The molecule has 0 amide bonds. The van der Waals surface area contributed by atoms with E-state index in [0.717, 1.165) is 24.5 Å². The summed E-state index contributed by atoms with van der Waals surface area (Å²) in [6.07, 6.45) is 0.914. The summed E-state index contributed by atoms with van der Waals surface area (Å²) < 4.78 is 15.6. The molecular weight excluding hydrogens is 254 g/mol. The minimum absolute atomic E-state index is 0.638. The van der Waals surface area contributed by atoms with Gasteiger partial charge in [-0.25, -0.2) is 0 Å². The lowest BCUT2D eigenvalue weighted by Gasteiger charge is -2.11. The number of benzene rings is 1. The molecule has 1 aromatic rings. The summed E-state index contributed by atoms with van der Waals surface area (Å²) in [5.74, 6) is 0.777. The summed E-state index contributed by atoms with van der Waals surface area (Å²) in [5.41, 5.74) is 0.880. The molecule has 1 N–H and O–H groups in total. The average molecular weight is 274 g/mol. The molecule has 102 valence electrons. The van der Waals surface area contributed by atoms with Gasteiger partial charge < -0.3 is 19.5 Å². The van der Waals surface area contributed by atoms with Crippen molar-refractivity contribution >= 4 is 17.3 Å². The second-order valence-corrected chi connectivity index (χ2v) is 4.17. The number of methoxy groups -OCH3 is 2. The number of ether oxygens (including phenoxy) is 3. The van der Waals surface area contributed by atoms with E-state index in [1.807, 2.05) is 12.1 Å². The lowest BCUT2D eigenvalue weighted by Crippen LogP contribution is -2.11. The van der Waals surface area contributed by atoms with Gasteiger partial charge in [0.05, 0.1) is 19.4 Å². The van der Waals surface area contributed by atoms with Gasteiger partial charge in [-0.1, -0.05) is 11.6 Å². The fourth-order valence-corrected chi connectivity index (χ4v) is 1.66. The zero-order chi connectivity index (χ0) is 13.2. The lowest BCUT2D eigenvalue weighted by molar-refractivity contribution is 0.109. The molecule has 0 spiro atoms. The number of hydrogen-bond acceptors (Lipinski definition) is 4. The van der Waals surface area contributed by atoms with E-state index in [2.05, 4.69) is 5.32 Å². The Morgan fingerprint density at radius 2 is 2.00 bits per heavy atom. The number of anilines is 1. The van der Waals surface area contributed by atoms with Crippen LogP contribution in [0.2, 0.25) is 5.02 Å². The second-order valence-electron chi connectivity index (χ2n) is 3.73. The van der Waals surface area contributed by atoms with Gasteiger partial charge in [-0.2, -0.15) is 0 Å². The van der Waals surface area contributed by atoms with Crippen LogP contribution in [0, 0.1) is 0 Å². The van der Waals surface area contributed by atoms with Crippen molar-refractivity contribution in [2.24, 2.45) is 0 Å². The first-order valence-electron chi connectivity index (χ1n) is 5.92. The Balaban J connectivity index is 2.24. The predicted molar refractivity (Wildman–Crippen MR) is 73.8 cm³/mol. The van der Waals surface area contributed by atoms with E-state index in [9.17, 15) is 0 Å². The quantitative estimate of drug-likeness (QED) is 0.703. The van der Waals surface area contributed by atoms with Crippen LogP contribution in [0.4, 0.5) is 5.69 Å². The van der Waals surface area contributed by atoms with Gasteiger partial charge in [0.2, 0.25) is 0 Å². The molecule has 0 saturated carbocycles. The molecule has 0 radical (unpaired) electrons. The lowest BCUT2D eigenvalue weighted by atomic mass is 10.3. The monoisotopic (exact) mass is 273 g/mol. The molecule has 0 unspecified atom stereocenters. The molecule has 18 heavy (non-hydrogen) atoms. The number of hydrogen-bond donors (Lipinski definition) is 1. The Morgan fingerprint density at radius 3 is 2.72 bits per heavy atom. The third kappa shape index (κ3) is 5.58. The molecule has 5 heteroatoms. The van der Waals surface area contributed by atoms with Gasteiger partial charge in [-0.15, -0.1) is 0 Å². The third-order valence-electron chi connectivity index (χ3n) is 2.36. The van der Waals surface area contributed by atoms with Crippen LogP contribution in [0.25, 0.3) is 0 Å². The van der Waals surface area contributed by atoms with E-state index in [1.165, 1.54) is 0 Å². The van der Waals surface area contributed by atoms with Crippen LogP contribution in [-0.4, -0.2) is 40.6 Å². The van der Waals surface area contributed by atoms with Crippen molar-refractivity contribution in [3.8, 4) is 5.75 Å². The van der Waals surface area contributed by atoms with Gasteiger partial charge in [0, 0.05) is 31.9 Å². The molecule has 0 aliphatic heterocycles. The maximum Gasteiger partial charge on any atom is 0.142 e. The van der Waals surface area contributed by atoms with Crippen molar-refractivity contribution in [2.45, 2.75) is 6.42 Å². The van der Waals surface area contributed by atoms with Gasteiger partial charge in [0.25, 0.3) is 0 Å². The smallest absolute Gasteiger partial charge is 0.142 e. The largest absolute Gasteiger partial charge is 0.495 e. The van der Waals surface area contributed by atoms with Crippen LogP contribution in [0.5, 0.6) is 5.75 Å². The van der Waals surface area contributed by atoms with Crippen molar-refractivity contribution in [1.29, 1.82) is 0 Å². The molecule has 0 atom stereocenters. The summed E-state index contributed by atoms with van der Waals surface area (Å²) >= 11 is 5.93. The van der Waals surface area contributed by atoms with Crippen molar-refractivity contribution in [3.63, 3.8) is 0 Å². The average Bonchev–Trinajstić information content (AvgIpc) is 2.38. The summed E-state index contributed by atoms with van der Waals surface area (Å²) in [6.45, 7) is 2.79. The fourth-order valence-electron chi connectivity index (χ4n) is 1.48. The summed E-state index contributed by atoms with van der Waals surface area (Å²) in [6, 6.07) is 5.47. The first kappa shape index (κ1) is 15.1. The highest BCUT2D eigenvalue weighted by atomic mass is 35.5. The normalized spacial score (nSPS) is 10.4. The zero-order valence-corrected chi connectivity index (χ0v) is 11.6. The van der Waals surface area contributed by atoms with Gasteiger partial charge in [-0.05, 0) is 24.6 Å². The Kier molecular flexibility index (Phi) is 7.57. The topological polar surface area (TPSA) is 39.7 Å². The van der Waals surface area contributed by atoms with Crippen LogP contribution < -0.4 is 10.1 Å². The van der Waals surface area contributed by atoms with Crippen LogP contribution in [0.3, 0.4) is 0 Å². The van der Waals surface area contributed by atoms with Crippen molar-refractivity contribution in [1.82, 2.24) is 0 Å². The van der Waals surface area contributed by atoms with E-state index >= 15 is 0 Å². The number of halogens is 1. The second kappa shape index (κ2) is 9.03. The summed E-state index contributed by atoms with van der Waals surface area (Å²) in [5, 5.41) is 3.91. The van der Waals surface area contributed by atoms with Gasteiger partial charge in [0.15, 0.2) is 0 Å². The van der Waals surface area contributed by atoms with E-state index in [-0.39, 0.29) is 0 Å². The highest BCUT2D eigenvalue weighted by Gasteiger charge is 2.02. The molecule has 0 saturated heterocycles. The van der Waals surface area contributed by atoms with Gasteiger partial charge in [-0.3, -0.25) is 0 Å². The van der Waals surface area contributed by atoms with E-state index in [4.69, 9.17) is 25.8 Å². The van der Waals surface area contributed by atoms with Gasteiger partial charge in [0.1, 0.15) is 5.75 Å². The number of rotatable bonds is 9. The molecule has 1 rings (SSSR count). The van der Waals surface area contributed by atoms with Crippen LogP contribution in [0.15, 0.2) is 18.2 Å². The molecule has 0 aromatic heterocycles. The zero-order valence-electron chi connectivity index (χ0n) is 10.9. The molecule has 0 aliphatic carbocycles. The SMILES string of the molecule is COCCCOCCNc1cc(Cl)ccc1OC. The standard InChI is InChI=1S/C13H20ClNO3/c1-16-7-3-8-18-9-6-15-12-10-11(14)4-5-13(12)17-2/h4-5,10,15H,3,6-9H2,1-2H3. The molecule has 0 bridgehead atoms. The fraction of sp³-hybridized carbons (Fsp3) is 0.538. The predicted octanol–water partition coefficient (Wildman–Crippen LogP) is 2.81. The Labute approximate surface area is 113 Å². The Bertz CT molecular complexity index is 347. The van der Waals surface area contributed by atoms with Crippen molar-refractivity contribution in [3.05, 3.63) is 23.2 Å². The van der Waals surface area contributed by atoms with Crippen LogP contribution >= 0.6 is 11.6 Å². The summed E-state index contributed by atoms with van der Waals surface area (Å²) in [4.78, 5) is 0. The first-order chi connectivity index (χ1) is 8.77. The van der Waals surface area contributed by atoms with E-state index in [0.29, 0.717) is 24.8 Å². The third-order valence-corrected chi connectivity index (χ3v) is 2.60. The Morgan fingerprint density at radius 1 is 1.17 bits per heavy atom. The molecule has 0 heterocycles. The van der Waals surface area contributed by atoms with Crippen molar-refractivity contribution in [2.75, 3.05) is 45.9 Å². The van der Waals surface area contributed by atoms with Crippen LogP contribution in [0.1, 0.15) is 6.42 Å². The maximum absolute atomic E-state index is 5.93. The minimum Gasteiger partial charge on any atom is -0.495 e. The van der Waals surface area contributed by atoms with Gasteiger partial charge >= 0.3 is 0 Å². The minimum atomic E-state index is 0.638. The van der Waals surface area contributed by atoms with E-state index in [1.54, 1.807) is 20.3 Å². The first-order valence-corrected chi connectivity index (χ1v) is 6.30. The van der Waals surface area contributed by atoms with E-state index < -0.39 is 0 Å². The Hall–Kier alpha value is -0.970. The summed E-state index contributed by atoms with van der Waals surface area (Å²) in [7, 11) is 3.32. The van der Waals surface area contributed by atoms with Crippen LogP contribution in [-0.2, 0) is 9.47 Å². The molecule has 0 fully saturated rings.